The van der Waals surface area contributed by atoms with Crippen LogP contribution in [0.3, 0.4) is 0 Å². The standard InChI is InChI=1S/C28H29N5O5/c1-18-7-9-21(10-8-18)17-32-26(31-27(35)33(28(32)36)16-19(2)25(34)37-4)30-22-11-13-23(14-12-22)38-24-6-5-15-29-20(24)3/h5-15,19H,16-17H2,1-4H3,(H,30,31,35)/t19-/m0/s1. The predicted octanol–water partition coefficient (Wildman–Crippen LogP) is 3.23. The fourth-order valence-electron chi connectivity index (χ4n) is 3.79. The number of ether oxygens (including phenoxy) is 2. The van der Waals surface area contributed by atoms with Gasteiger partial charge in [0, 0.05) is 12.7 Å². The molecule has 0 saturated carbocycles. The van der Waals surface area contributed by atoms with Crippen molar-refractivity contribution in [1.82, 2.24) is 19.1 Å². The molecule has 4 aromatic rings. The molecular formula is C28H29N5O5. The number of aromatic nitrogens is 4. The van der Waals surface area contributed by atoms with Gasteiger partial charge in [-0.2, -0.15) is 0 Å². The van der Waals surface area contributed by atoms with Gasteiger partial charge in [0.25, 0.3) is 0 Å². The molecule has 0 aliphatic carbocycles. The first-order valence-electron chi connectivity index (χ1n) is 12.1. The lowest BCUT2D eigenvalue weighted by atomic mass is 10.1. The Balaban J connectivity index is 1.74. The number of benzene rings is 2. The molecule has 1 N–H and O–H groups in total. The maximum absolute atomic E-state index is 13.5. The van der Waals surface area contributed by atoms with Gasteiger partial charge in [-0.05, 0) is 55.8 Å². The summed E-state index contributed by atoms with van der Waals surface area (Å²) in [6, 6.07) is 18.3. The third-order valence-electron chi connectivity index (χ3n) is 5.96. The van der Waals surface area contributed by atoms with Gasteiger partial charge in [0.1, 0.15) is 11.5 Å². The Morgan fingerprint density at radius 1 is 1.03 bits per heavy atom. The number of carbonyl (C=O) groups excluding carboxylic acids is 1. The second kappa shape index (κ2) is 11.5. The second-order valence-electron chi connectivity index (χ2n) is 8.94. The van der Waals surface area contributed by atoms with Crippen LogP contribution in [-0.2, 0) is 22.6 Å². The number of hydrogen-bond acceptors (Lipinski definition) is 7. The van der Waals surface area contributed by atoms with Gasteiger partial charge in [0.15, 0.2) is 0 Å². The highest BCUT2D eigenvalue weighted by Crippen LogP contribution is 2.25. The number of H-pyrrole nitrogens is 1. The minimum atomic E-state index is -0.689. The minimum absolute atomic E-state index is 0.0827. The summed E-state index contributed by atoms with van der Waals surface area (Å²) in [6.07, 6.45) is 1.70. The Hall–Kier alpha value is -4.73. The Morgan fingerprint density at radius 3 is 2.39 bits per heavy atom. The molecule has 0 radical (unpaired) electrons. The average Bonchev–Trinajstić information content (AvgIpc) is 2.91. The van der Waals surface area contributed by atoms with Crippen LogP contribution in [0, 0.1) is 19.8 Å². The van der Waals surface area contributed by atoms with Crippen molar-refractivity contribution >= 4 is 11.7 Å². The van der Waals surface area contributed by atoms with Gasteiger partial charge in [0.2, 0.25) is 5.62 Å². The van der Waals surface area contributed by atoms with E-state index in [0.717, 1.165) is 21.4 Å². The van der Waals surface area contributed by atoms with E-state index >= 15 is 0 Å². The number of pyridine rings is 1. The Kier molecular flexibility index (Phi) is 8.00. The number of carbonyl (C=O) groups is 1. The highest BCUT2D eigenvalue weighted by atomic mass is 16.5. The van der Waals surface area contributed by atoms with Crippen LogP contribution in [0.15, 0.2) is 81.4 Å². The molecule has 2 heterocycles. The SMILES string of the molecule is COC(=O)[C@@H](C)Cn1c(=O)[nH]/c(=N\c2ccc(Oc3cccnc3C)cc2)n(Cc2ccc(C)cc2)c1=O. The van der Waals surface area contributed by atoms with Gasteiger partial charge in [-0.15, -0.1) is 0 Å². The van der Waals surface area contributed by atoms with Crippen LogP contribution >= 0.6 is 0 Å². The fraction of sp³-hybridized carbons (Fsp3) is 0.250. The zero-order valence-corrected chi connectivity index (χ0v) is 21.7. The van der Waals surface area contributed by atoms with Gasteiger partial charge in [-0.3, -0.25) is 19.3 Å². The van der Waals surface area contributed by atoms with Crippen molar-refractivity contribution < 1.29 is 14.3 Å². The zero-order valence-electron chi connectivity index (χ0n) is 21.7. The molecule has 10 heteroatoms. The van der Waals surface area contributed by atoms with Crippen LogP contribution in [0.25, 0.3) is 0 Å². The Bertz CT molecular complexity index is 1620. The topological polar surface area (TPSA) is 121 Å². The van der Waals surface area contributed by atoms with Crippen LogP contribution in [0.1, 0.15) is 23.7 Å². The molecule has 0 bridgehead atoms. The number of nitrogens with zero attached hydrogens (tertiary/aromatic N) is 4. The third kappa shape index (κ3) is 6.15. The van der Waals surface area contributed by atoms with E-state index in [-0.39, 0.29) is 18.7 Å². The van der Waals surface area contributed by atoms with Crippen molar-refractivity contribution in [2.75, 3.05) is 7.11 Å². The van der Waals surface area contributed by atoms with Gasteiger partial charge in [-0.25, -0.2) is 19.1 Å². The third-order valence-corrected chi connectivity index (χ3v) is 5.96. The van der Waals surface area contributed by atoms with Crippen LogP contribution in [0.4, 0.5) is 5.69 Å². The molecule has 0 saturated heterocycles. The lowest BCUT2D eigenvalue weighted by Gasteiger charge is -2.14. The highest BCUT2D eigenvalue weighted by Gasteiger charge is 2.18. The minimum Gasteiger partial charge on any atom is -0.469 e. The number of aromatic amines is 1. The molecule has 2 aromatic heterocycles. The summed E-state index contributed by atoms with van der Waals surface area (Å²) < 4.78 is 13.0. The smallest absolute Gasteiger partial charge is 0.335 e. The molecule has 0 aliphatic rings. The first-order valence-corrected chi connectivity index (χ1v) is 12.1. The van der Waals surface area contributed by atoms with Gasteiger partial charge >= 0.3 is 17.3 Å². The van der Waals surface area contributed by atoms with Crippen LogP contribution in [0.2, 0.25) is 0 Å². The largest absolute Gasteiger partial charge is 0.469 e. The molecule has 0 fully saturated rings. The lowest BCUT2D eigenvalue weighted by Crippen LogP contribution is -2.51. The highest BCUT2D eigenvalue weighted by molar-refractivity contribution is 5.71. The number of nitrogens with one attached hydrogen (secondary N) is 1. The van der Waals surface area contributed by atoms with E-state index in [1.54, 1.807) is 43.5 Å². The van der Waals surface area contributed by atoms with Crippen LogP contribution < -0.4 is 21.7 Å². The maximum Gasteiger partial charge on any atom is 0.335 e. The number of hydrogen-bond donors (Lipinski definition) is 1. The van der Waals surface area contributed by atoms with E-state index in [1.165, 1.54) is 11.7 Å². The summed E-state index contributed by atoms with van der Waals surface area (Å²) in [6.45, 7) is 5.47. The first kappa shape index (κ1) is 26.3. The molecule has 0 aliphatic heterocycles. The second-order valence-corrected chi connectivity index (χ2v) is 8.94. The molecule has 10 nitrogen and oxygen atoms in total. The van der Waals surface area contributed by atoms with E-state index in [2.05, 4.69) is 15.0 Å². The van der Waals surface area contributed by atoms with Gasteiger partial charge in [0.05, 0.1) is 31.0 Å². The van der Waals surface area contributed by atoms with Crippen molar-refractivity contribution in [2.45, 2.75) is 33.9 Å². The van der Waals surface area contributed by atoms with Crippen molar-refractivity contribution in [2.24, 2.45) is 10.9 Å². The van der Waals surface area contributed by atoms with Crippen LogP contribution in [-0.4, -0.2) is 32.2 Å². The molecule has 2 aromatic carbocycles. The summed E-state index contributed by atoms with van der Waals surface area (Å²) in [5, 5.41) is 0. The summed E-state index contributed by atoms with van der Waals surface area (Å²) in [7, 11) is 1.26. The van der Waals surface area contributed by atoms with Crippen molar-refractivity contribution in [1.29, 1.82) is 0 Å². The summed E-state index contributed by atoms with van der Waals surface area (Å²) >= 11 is 0. The van der Waals surface area contributed by atoms with Gasteiger partial charge < -0.3 is 9.47 Å². The van der Waals surface area contributed by atoms with E-state index < -0.39 is 23.3 Å². The molecule has 196 valence electrons. The summed E-state index contributed by atoms with van der Waals surface area (Å²) in [5.74, 6) is 0.0277. The number of methoxy groups -OCH3 is 1. The van der Waals surface area contributed by atoms with Crippen molar-refractivity contribution in [3.05, 3.63) is 110 Å². The van der Waals surface area contributed by atoms with Crippen molar-refractivity contribution in [3.8, 4) is 11.5 Å². The van der Waals surface area contributed by atoms with Crippen molar-refractivity contribution in [3.63, 3.8) is 0 Å². The average molecular weight is 516 g/mol. The van der Waals surface area contributed by atoms with Gasteiger partial charge in [-0.1, -0.05) is 36.8 Å². The summed E-state index contributed by atoms with van der Waals surface area (Å²) in [5.41, 5.74) is 2.03. The normalized spacial score (nSPS) is 12.3. The van der Waals surface area contributed by atoms with E-state index in [9.17, 15) is 14.4 Å². The molecule has 38 heavy (non-hydrogen) atoms. The Morgan fingerprint density at radius 2 is 1.74 bits per heavy atom. The molecule has 0 unspecified atom stereocenters. The fourth-order valence-corrected chi connectivity index (χ4v) is 3.79. The first-order chi connectivity index (χ1) is 18.2. The predicted molar refractivity (Wildman–Crippen MR) is 141 cm³/mol. The quantitative estimate of drug-likeness (QED) is 0.360. The molecule has 1 atom stereocenters. The molecule has 0 amide bonds. The number of esters is 1. The zero-order chi connectivity index (χ0) is 27.2. The molecule has 4 rings (SSSR count). The molecule has 0 spiro atoms. The lowest BCUT2D eigenvalue weighted by molar-refractivity contribution is -0.145. The van der Waals surface area contributed by atoms with Crippen LogP contribution in [0.5, 0.6) is 11.5 Å². The number of aryl methyl sites for hydroxylation is 2. The van der Waals surface area contributed by atoms with E-state index in [4.69, 9.17) is 9.47 Å². The summed E-state index contributed by atoms with van der Waals surface area (Å²) in [4.78, 5) is 49.8. The van der Waals surface area contributed by atoms with E-state index in [0.29, 0.717) is 17.2 Å². The maximum atomic E-state index is 13.5. The van der Waals surface area contributed by atoms with E-state index in [1.807, 2.05) is 44.2 Å². The Labute approximate surface area is 218 Å². The monoisotopic (exact) mass is 515 g/mol. The number of rotatable bonds is 8. The molecular weight excluding hydrogens is 486 g/mol.